The Bertz CT molecular complexity index is 594. The number of hydrogen-bond acceptors (Lipinski definition) is 3. The predicted molar refractivity (Wildman–Crippen MR) is 68.1 cm³/mol. The van der Waals surface area contributed by atoms with Crippen molar-refractivity contribution in [2.45, 2.75) is 19.4 Å². The highest BCUT2D eigenvalue weighted by atomic mass is 16.2. The molecule has 0 spiro atoms. The standard InChI is InChI=1S/C13H13N3O/c1-2-9-13(17)16-11-7-14-10-6-4-3-5-8(10)12(11)15-9/h3-7,9,15H,2H2,1H3,(H,16,17). The van der Waals surface area contributed by atoms with Crippen molar-refractivity contribution in [3.05, 3.63) is 30.5 Å². The van der Waals surface area contributed by atoms with Crippen LogP contribution in [0.2, 0.25) is 0 Å². The molecule has 86 valence electrons. The number of fused-ring (bicyclic) bond motifs is 3. The van der Waals surface area contributed by atoms with E-state index in [1.807, 2.05) is 31.2 Å². The molecule has 3 rings (SSSR count). The van der Waals surface area contributed by atoms with Gasteiger partial charge in [-0.1, -0.05) is 25.1 Å². The lowest BCUT2D eigenvalue weighted by atomic mass is 10.1. The number of para-hydroxylation sites is 1. The van der Waals surface area contributed by atoms with Gasteiger partial charge in [-0.3, -0.25) is 9.78 Å². The summed E-state index contributed by atoms with van der Waals surface area (Å²) in [7, 11) is 0. The normalized spacial score (nSPS) is 18.4. The number of amides is 1. The molecule has 0 saturated heterocycles. The van der Waals surface area contributed by atoms with Gasteiger partial charge in [-0.15, -0.1) is 0 Å². The fourth-order valence-corrected chi connectivity index (χ4v) is 2.14. The number of anilines is 2. The monoisotopic (exact) mass is 227 g/mol. The minimum Gasteiger partial charge on any atom is -0.371 e. The third-order valence-corrected chi connectivity index (χ3v) is 3.08. The maximum absolute atomic E-state index is 11.7. The lowest BCUT2D eigenvalue weighted by Crippen LogP contribution is -2.38. The van der Waals surface area contributed by atoms with Crippen molar-refractivity contribution in [1.82, 2.24) is 4.98 Å². The van der Waals surface area contributed by atoms with Crippen molar-refractivity contribution in [2.75, 3.05) is 10.6 Å². The van der Waals surface area contributed by atoms with Gasteiger partial charge in [0.15, 0.2) is 0 Å². The molecular weight excluding hydrogens is 214 g/mol. The molecule has 1 aromatic carbocycles. The number of carbonyl (C=O) groups excluding carboxylic acids is 1. The molecule has 1 aliphatic rings. The molecule has 4 heteroatoms. The Morgan fingerprint density at radius 3 is 3.00 bits per heavy atom. The minimum absolute atomic E-state index is 0.0112. The van der Waals surface area contributed by atoms with E-state index in [1.54, 1.807) is 6.20 Å². The molecule has 2 heterocycles. The Morgan fingerprint density at radius 1 is 1.35 bits per heavy atom. The summed E-state index contributed by atoms with van der Waals surface area (Å²) >= 11 is 0. The van der Waals surface area contributed by atoms with Crippen molar-refractivity contribution in [2.24, 2.45) is 0 Å². The van der Waals surface area contributed by atoms with E-state index < -0.39 is 0 Å². The number of carbonyl (C=O) groups is 1. The largest absolute Gasteiger partial charge is 0.371 e. The van der Waals surface area contributed by atoms with Crippen LogP contribution in [-0.2, 0) is 4.79 Å². The van der Waals surface area contributed by atoms with E-state index in [0.29, 0.717) is 0 Å². The number of aromatic nitrogens is 1. The number of pyridine rings is 1. The Morgan fingerprint density at radius 2 is 2.18 bits per heavy atom. The molecule has 1 aliphatic heterocycles. The van der Waals surface area contributed by atoms with Gasteiger partial charge in [0.1, 0.15) is 6.04 Å². The Labute approximate surface area is 99.0 Å². The maximum Gasteiger partial charge on any atom is 0.246 e. The summed E-state index contributed by atoms with van der Waals surface area (Å²) in [4.78, 5) is 16.0. The van der Waals surface area contributed by atoms with Crippen molar-refractivity contribution in [3.63, 3.8) is 0 Å². The second kappa shape index (κ2) is 3.73. The van der Waals surface area contributed by atoms with E-state index in [1.165, 1.54) is 0 Å². The van der Waals surface area contributed by atoms with Crippen LogP contribution in [-0.4, -0.2) is 16.9 Å². The van der Waals surface area contributed by atoms with Crippen LogP contribution in [0.3, 0.4) is 0 Å². The van der Waals surface area contributed by atoms with Gasteiger partial charge in [0.05, 0.1) is 23.1 Å². The molecule has 4 nitrogen and oxygen atoms in total. The molecular formula is C13H13N3O. The fourth-order valence-electron chi connectivity index (χ4n) is 2.14. The summed E-state index contributed by atoms with van der Waals surface area (Å²) in [6, 6.07) is 7.75. The molecule has 1 unspecified atom stereocenters. The summed E-state index contributed by atoms with van der Waals surface area (Å²) in [5.41, 5.74) is 2.67. The first-order valence-corrected chi connectivity index (χ1v) is 5.74. The molecule has 2 aromatic rings. The molecule has 0 fully saturated rings. The van der Waals surface area contributed by atoms with Crippen LogP contribution in [0.1, 0.15) is 13.3 Å². The first-order valence-electron chi connectivity index (χ1n) is 5.74. The van der Waals surface area contributed by atoms with Gasteiger partial charge in [0.25, 0.3) is 0 Å². The maximum atomic E-state index is 11.7. The quantitative estimate of drug-likeness (QED) is 0.786. The van der Waals surface area contributed by atoms with Crippen LogP contribution in [0, 0.1) is 0 Å². The highest BCUT2D eigenvalue weighted by Crippen LogP contribution is 2.33. The predicted octanol–water partition coefficient (Wildman–Crippen LogP) is 2.38. The van der Waals surface area contributed by atoms with Gasteiger partial charge >= 0.3 is 0 Å². The van der Waals surface area contributed by atoms with Crippen LogP contribution in [0.5, 0.6) is 0 Å². The smallest absolute Gasteiger partial charge is 0.246 e. The molecule has 1 amide bonds. The van der Waals surface area contributed by atoms with Crippen molar-refractivity contribution in [3.8, 4) is 0 Å². The Kier molecular flexibility index (Phi) is 2.21. The lowest BCUT2D eigenvalue weighted by Gasteiger charge is -2.26. The van der Waals surface area contributed by atoms with E-state index in [2.05, 4.69) is 15.6 Å². The topological polar surface area (TPSA) is 54.0 Å². The molecule has 0 aliphatic carbocycles. The number of nitrogens with zero attached hydrogens (tertiary/aromatic N) is 1. The molecule has 0 radical (unpaired) electrons. The third kappa shape index (κ3) is 1.53. The zero-order valence-electron chi connectivity index (χ0n) is 9.53. The lowest BCUT2D eigenvalue weighted by molar-refractivity contribution is -0.117. The average molecular weight is 227 g/mol. The van der Waals surface area contributed by atoms with Crippen LogP contribution < -0.4 is 10.6 Å². The second-order valence-electron chi connectivity index (χ2n) is 4.16. The van der Waals surface area contributed by atoms with Gasteiger partial charge in [0, 0.05) is 5.39 Å². The molecule has 1 atom stereocenters. The van der Waals surface area contributed by atoms with Gasteiger partial charge < -0.3 is 10.6 Å². The van der Waals surface area contributed by atoms with E-state index in [-0.39, 0.29) is 11.9 Å². The summed E-state index contributed by atoms with van der Waals surface area (Å²) in [6.07, 6.45) is 2.47. The van der Waals surface area contributed by atoms with Gasteiger partial charge in [-0.05, 0) is 12.5 Å². The SMILES string of the molecule is CCC1Nc2c(cnc3ccccc23)NC1=O. The Balaban J connectivity index is 2.20. The van der Waals surface area contributed by atoms with Crippen LogP contribution in [0.15, 0.2) is 30.5 Å². The first kappa shape index (κ1) is 10.1. The van der Waals surface area contributed by atoms with Gasteiger partial charge in [0.2, 0.25) is 5.91 Å². The molecule has 17 heavy (non-hydrogen) atoms. The molecule has 1 aromatic heterocycles. The summed E-state index contributed by atoms with van der Waals surface area (Å²) < 4.78 is 0. The number of nitrogens with one attached hydrogen (secondary N) is 2. The molecule has 2 N–H and O–H groups in total. The number of rotatable bonds is 1. The van der Waals surface area contributed by atoms with Crippen molar-refractivity contribution >= 4 is 28.2 Å². The minimum atomic E-state index is -0.159. The Hall–Kier alpha value is -2.10. The molecule has 0 bridgehead atoms. The van der Waals surface area contributed by atoms with E-state index in [0.717, 1.165) is 28.7 Å². The fraction of sp³-hybridized carbons (Fsp3) is 0.231. The van der Waals surface area contributed by atoms with E-state index in [4.69, 9.17) is 0 Å². The number of hydrogen-bond donors (Lipinski definition) is 2. The average Bonchev–Trinajstić information content (AvgIpc) is 2.37. The highest BCUT2D eigenvalue weighted by molar-refractivity contribution is 6.09. The zero-order valence-corrected chi connectivity index (χ0v) is 9.53. The van der Waals surface area contributed by atoms with Gasteiger partial charge in [-0.2, -0.15) is 0 Å². The number of benzene rings is 1. The van der Waals surface area contributed by atoms with Crippen LogP contribution in [0.25, 0.3) is 10.9 Å². The van der Waals surface area contributed by atoms with E-state index >= 15 is 0 Å². The molecule has 0 saturated carbocycles. The van der Waals surface area contributed by atoms with Crippen molar-refractivity contribution < 1.29 is 4.79 Å². The van der Waals surface area contributed by atoms with E-state index in [9.17, 15) is 4.79 Å². The third-order valence-electron chi connectivity index (χ3n) is 3.08. The zero-order chi connectivity index (χ0) is 11.8. The second-order valence-corrected chi connectivity index (χ2v) is 4.16. The van der Waals surface area contributed by atoms with Crippen LogP contribution >= 0.6 is 0 Å². The van der Waals surface area contributed by atoms with Crippen LogP contribution in [0.4, 0.5) is 11.4 Å². The van der Waals surface area contributed by atoms with Gasteiger partial charge in [-0.25, -0.2) is 0 Å². The summed E-state index contributed by atoms with van der Waals surface area (Å²) in [6.45, 7) is 1.99. The summed E-state index contributed by atoms with van der Waals surface area (Å²) in [5.74, 6) is 0.0112. The summed E-state index contributed by atoms with van der Waals surface area (Å²) in [5, 5.41) is 7.22. The first-order chi connectivity index (χ1) is 8.29. The highest BCUT2D eigenvalue weighted by Gasteiger charge is 2.25. The van der Waals surface area contributed by atoms with Crippen molar-refractivity contribution in [1.29, 1.82) is 0 Å².